The van der Waals surface area contributed by atoms with Crippen molar-refractivity contribution < 1.29 is 85.1 Å². The van der Waals surface area contributed by atoms with Crippen LogP contribution in [0.15, 0.2) is 28.0 Å². The van der Waals surface area contributed by atoms with Crippen molar-refractivity contribution in [3.63, 3.8) is 0 Å². The zero-order valence-corrected chi connectivity index (χ0v) is 15.1. The van der Waals surface area contributed by atoms with Gasteiger partial charge in [0.2, 0.25) is 0 Å². The van der Waals surface area contributed by atoms with E-state index in [1.165, 1.54) is 6.92 Å². The van der Waals surface area contributed by atoms with Crippen LogP contribution in [0, 0.1) is 6.92 Å². The van der Waals surface area contributed by atoms with Gasteiger partial charge in [0.1, 0.15) is 20.2 Å². The van der Waals surface area contributed by atoms with E-state index in [1.54, 1.807) is 0 Å². The summed E-state index contributed by atoms with van der Waals surface area (Å²) in [6.07, 6.45) is 0. The van der Waals surface area contributed by atoms with Gasteiger partial charge in [-0.15, -0.1) is 0 Å². The fourth-order valence-corrected chi connectivity index (χ4v) is 2.31. The molecule has 0 atom stereocenters. The molecule has 0 aliphatic heterocycles. The van der Waals surface area contributed by atoms with E-state index in [0.29, 0.717) is 6.07 Å². The number of rotatable bonds is 2. The minimum absolute atomic E-state index is 0. The fraction of sp³-hybridized carbons (Fsp3) is 0.143. The summed E-state index contributed by atoms with van der Waals surface area (Å²) in [6.45, 7) is 1.33. The molecule has 1 aromatic rings. The van der Waals surface area contributed by atoms with Crippen LogP contribution in [0.5, 0.6) is 0 Å². The van der Waals surface area contributed by atoms with Gasteiger partial charge in [-0.3, -0.25) is 0 Å². The van der Waals surface area contributed by atoms with Crippen LogP contribution in [-0.2, 0) is 20.2 Å². The summed E-state index contributed by atoms with van der Waals surface area (Å²) in [6, 6.07) is 2.61. The molecule has 0 bridgehead atoms. The first-order valence-corrected chi connectivity index (χ1v) is 6.46. The van der Waals surface area contributed by atoms with E-state index in [2.05, 4.69) is 0 Å². The SMILES string of the molecule is Cc1ccc(S(=O)(=O)[O-])cc1S(=O)(=O)[O-].[Na+].[Na+]. The van der Waals surface area contributed by atoms with Crippen LogP contribution in [0.3, 0.4) is 0 Å². The Kier molecular flexibility index (Phi) is 8.37. The standard InChI is InChI=1S/C7H8O6S2.2Na/c1-5-2-3-6(14(8,9)10)4-7(5)15(11,12)13;;/h2-4H,1H3,(H,8,9,10)(H,11,12,13);;/q;2*+1/p-2. The number of hydrogen-bond donors (Lipinski definition) is 0. The second kappa shape index (κ2) is 6.99. The van der Waals surface area contributed by atoms with Gasteiger partial charge in [0.05, 0.1) is 9.79 Å². The minimum Gasteiger partial charge on any atom is -0.744 e. The van der Waals surface area contributed by atoms with Gasteiger partial charge in [-0.1, -0.05) is 6.07 Å². The number of aryl methyl sites for hydroxylation is 1. The largest absolute Gasteiger partial charge is 1.00 e. The van der Waals surface area contributed by atoms with Crippen LogP contribution in [0.1, 0.15) is 5.56 Å². The monoisotopic (exact) mass is 296 g/mol. The van der Waals surface area contributed by atoms with Crippen molar-refractivity contribution in [2.45, 2.75) is 16.7 Å². The third-order valence-electron chi connectivity index (χ3n) is 1.72. The Morgan fingerprint density at radius 2 is 1.41 bits per heavy atom. The zero-order valence-electron chi connectivity index (χ0n) is 9.50. The molecule has 0 unspecified atom stereocenters. The molecule has 0 fully saturated rings. The maximum Gasteiger partial charge on any atom is 1.00 e. The summed E-state index contributed by atoms with van der Waals surface area (Å²) in [5, 5.41) is 0. The molecule has 0 spiro atoms. The van der Waals surface area contributed by atoms with Crippen LogP contribution in [0.4, 0.5) is 0 Å². The van der Waals surface area contributed by atoms with Crippen molar-refractivity contribution in [2.24, 2.45) is 0 Å². The van der Waals surface area contributed by atoms with Crippen LogP contribution < -0.4 is 59.1 Å². The maximum atomic E-state index is 10.7. The third kappa shape index (κ3) is 5.68. The van der Waals surface area contributed by atoms with Crippen LogP contribution in [0.25, 0.3) is 0 Å². The third-order valence-corrected chi connectivity index (χ3v) is 3.53. The first-order valence-electron chi connectivity index (χ1n) is 3.65. The summed E-state index contributed by atoms with van der Waals surface area (Å²) < 4.78 is 63.8. The van der Waals surface area contributed by atoms with Crippen molar-refractivity contribution in [1.82, 2.24) is 0 Å². The van der Waals surface area contributed by atoms with Crippen molar-refractivity contribution in [3.05, 3.63) is 23.8 Å². The Labute approximate surface area is 144 Å². The molecule has 0 N–H and O–H groups in total. The van der Waals surface area contributed by atoms with Crippen molar-refractivity contribution in [3.8, 4) is 0 Å². The Bertz CT molecular complexity index is 593. The molecule has 84 valence electrons. The van der Waals surface area contributed by atoms with Gasteiger partial charge < -0.3 is 9.11 Å². The quantitative estimate of drug-likeness (QED) is 0.396. The van der Waals surface area contributed by atoms with Crippen molar-refractivity contribution in [1.29, 1.82) is 0 Å². The normalized spacial score (nSPS) is 11.2. The predicted molar refractivity (Wildman–Crippen MR) is 47.1 cm³/mol. The zero-order chi connectivity index (χ0) is 11.9. The van der Waals surface area contributed by atoms with Gasteiger partial charge in [0.15, 0.2) is 0 Å². The molecule has 0 aromatic heterocycles. The van der Waals surface area contributed by atoms with Gasteiger partial charge in [-0.05, 0) is 24.6 Å². The topological polar surface area (TPSA) is 114 Å². The van der Waals surface area contributed by atoms with Crippen LogP contribution in [0.2, 0.25) is 0 Å². The Morgan fingerprint density at radius 3 is 1.76 bits per heavy atom. The average Bonchev–Trinajstić information content (AvgIpc) is 2.00. The van der Waals surface area contributed by atoms with Gasteiger partial charge >= 0.3 is 59.1 Å². The second-order valence-electron chi connectivity index (χ2n) is 2.84. The van der Waals surface area contributed by atoms with E-state index >= 15 is 0 Å². The Hall–Kier alpha value is 1.04. The second-order valence-corrected chi connectivity index (χ2v) is 5.56. The molecule has 1 aromatic carbocycles. The molecule has 1 rings (SSSR count). The smallest absolute Gasteiger partial charge is 0.744 e. The molecular formula is C7H6Na2O6S2. The van der Waals surface area contributed by atoms with E-state index in [0.717, 1.165) is 12.1 Å². The Morgan fingerprint density at radius 1 is 0.941 bits per heavy atom. The van der Waals surface area contributed by atoms with Crippen molar-refractivity contribution >= 4 is 20.2 Å². The molecular weight excluding hydrogens is 290 g/mol. The summed E-state index contributed by atoms with van der Waals surface area (Å²) >= 11 is 0. The molecule has 0 amide bonds. The van der Waals surface area contributed by atoms with Crippen LogP contribution in [-0.4, -0.2) is 25.9 Å². The van der Waals surface area contributed by atoms with E-state index in [9.17, 15) is 25.9 Å². The molecule has 17 heavy (non-hydrogen) atoms. The maximum absolute atomic E-state index is 10.7. The van der Waals surface area contributed by atoms with E-state index < -0.39 is 30.0 Å². The summed E-state index contributed by atoms with van der Waals surface area (Å²) in [5.41, 5.74) is 0.0948. The average molecular weight is 296 g/mol. The van der Waals surface area contributed by atoms with E-state index in [-0.39, 0.29) is 64.7 Å². The minimum atomic E-state index is -4.77. The van der Waals surface area contributed by atoms with Gasteiger partial charge in [0, 0.05) is 0 Å². The molecule has 0 aliphatic carbocycles. The summed E-state index contributed by atoms with van der Waals surface area (Å²) in [7, 11) is -9.53. The molecule has 6 nitrogen and oxygen atoms in total. The number of benzene rings is 1. The molecule has 10 heteroatoms. The Balaban J connectivity index is 0. The van der Waals surface area contributed by atoms with Crippen molar-refractivity contribution in [2.75, 3.05) is 0 Å². The van der Waals surface area contributed by atoms with Gasteiger partial charge in [-0.2, -0.15) is 0 Å². The fourth-order valence-electron chi connectivity index (χ4n) is 1.01. The molecule has 0 aliphatic rings. The summed E-state index contributed by atoms with van der Waals surface area (Å²) in [4.78, 5) is -1.43. The first-order chi connectivity index (χ1) is 6.62. The van der Waals surface area contributed by atoms with Crippen LogP contribution >= 0.6 is 0 Å². The molecule has 0 radical (unpaired) electrons. The van der Waals surface area contributed by atoms with E-state index in [4.69, 9.17) is 0 Å². The molecule has 0 saturated heterocycles. The molecule has 0 saturated carbocycles. The first kappa shape index (κ1) is 20.4. The van der Waals surface area contributed by atoms with Gasteiger partial charge in [0.25, 0.3) is 0 Å². The number of hydrogen-bond acceptors (Lipinski definition) is 6. The summed E-state index contributed by atoms with van der Waals surface area (Å²) in [5.74, 6) is 0. The molecule has 0 heterocycles. The predicted octanol–water partition coefficient (Wildman–Crippen LogP) is -6.19. The van der Waals surface area contributed by atoms with Gasteiger partial charge in [-0.25, -0.2) is 16.8 Å². The van der Waals surface area contributed by atoms with E-state index in [1.807, 2.05) is 0 Å².